The van der Waals surface area contributed by atoms with Crippen LogP contribution in [0, 0.1) is 0 Å². The Morgan fingerprint density at radius 1 is 1.64 bits per heavy atom. The molecule has 4 nitrogen and oxygen atoms in total. The maximum absolute atomic E-state index is 8.98. The molecule has 2 rings (SSSR count). The van der Waals surface area contributed by atoms with Gasteiger partial charge in [-0.05, 0) is 19.3 Å². The quantitative estimate of drug-likeness (QED) is 0.779. The summed E-state index contributed by atoms with van der Waals surface area (Å²) in [6, 6.07) is 0. The van der Waals surface area contributed by atoms with Crippen molar-refractivity contribution in [3.63, 3.8) is 0 Å². The van der Waals surface area contributed by atoms with Crippen molar-refractivity contribution in [2.75, 3.05) is 6.61 Å². The number of ether oxygens (including phenoxy) is 1. The average molecular weight is 196 g/mol. The van der Waals surface area contributed by atoms with Crippen LogP contribution < -0.4 is 0 Å². The van der Waals surface area contributed by atoms with Gasteiger partial charge in [0.25, 0.3) is 0 Å². The third-order valence-electron chi connectivity index (χ3n) is 2.66. The third kappa shape index (κ3) is 2.13. The highest BCUT2D eigenvalue weighted by Gasteiger charge is 2.15. The largest absolute Gasteiger partial charge is 0.388 e. The second kappa shape index (κ2) is 4.57. The molecule has 0 amide bonds. The van der Waals surface area contributed by atoms with Crippen LogP contribution in [0.25, 0.3) is 0 Å². The number of rotatable bonds is 4. The Hall–Kier alpha value is -0.870. The zero-order valence-electron chi connectivity index (χ0n) is 8.22. The van der Waals surface area contributed by atoms with Crippen LogP contribution >= 0.6 is 0 Å². The Morgan fingerprint density at radius 2 is 2.57 bits per heavy atom. The molecule has 1 unspecified atom stereocenters. The minimum Gasteiger partial charge on any atom is -0.388 e. The molecular weight excluding hydrogens is 180 g/mol. The van der Waals surface area contributed by atoms with E-state index < -0.39 is 0 Å². The molecule has 1 aliphatic rings. The van der Waals surface area contributed by atoms with E-state index in [1.165, 1.54) is 12.8 Å². The van der Waals surface area contributed by atoms with Crippen LogP contribution in [0.1, 0.15) is 25.1 Å². The lowest BCUT2D eigenvalue weighted by molar-refractivity contribution is 0.0997. The molecule has 2 heterocycles. The second-order valence-corrected chi connectivity index (χ2v) is 3.62. The van der Waals surface area contributed by atoms with Crippen LogP contribution in [0.15, 0.2) is 12.4 Å². The van der Waals surface area contributed by atoms with E-state index in [2.05, 4.69) is 4.98 Å². The summed E-state index contributed by atoms with van der Waals surface area (Å²) in [5.74, 6) is 0.739. The smallest absolute Gasteiger partial charge is 0.134 e. The van der Waals surface area contributed by atoms with Crippen molar-refractivity contribution in [2.45, 2.75) is 38.5 Å². The summed E-state index contributed by atoms with van der Waals surface area (Å²) in [6.45, 7) is 1.81. The first kappa shape index (κ1) is 9.68. The van der Waals surface area contributed by atoms with Gasteiger partial charge in [0.05, 0.1) is 6.10 Å². The van der Waals surface area contributed by atoms with Crippen molar-refractivity contribution in [1.29, 1.82) is 0 Å². The fourth-order valence-electron chi connectivity index (χ4n) is 1.85. The molecule has 0 saturated carbocycles. The monoisotopic (exact) mass is 196 g/mol. The first-order valence-corrected chi connectivity index (χ1v) is 5.12. The average Bonchev–Trinajstić information content (AvgIpc) is 2.85. The van der Waals surface area contributed by atoms with E-state index in [1.807, 2.05) is 10.8 Å². The van der Waals surface area contributed by atoms with Gasteiger partial charge in [-0.15, -0.1) is 0 Å². The topological polar surface area (TPSA) is 47.3 Å². The Labute approximate surface area is 83.5 Å². The Balaban J connectivity index is 1.84. The molecule has 0 aliphatic carbocycles. The SMILES string of the molecule is OCc1nccn1CCC1CCCO1. The highest BCUT2D eigenvalue weighted by Crippen LogP contribution is 2.16. The van der Waals surface area contributed by atoms with Gasteiger partial charge in [0.2, 0.25) is 0 Å². The van der Waals surface area contributed by atoms with Crippen molar-refractivity contribution in [1.82, 2.24) is 9.55 Å². The van der Waals surface area contributed by atoms with Crippen LogP contribution in [0.4, 0.5) is 0 Å². The number of imidazole rings is 1. The van der Waals surface area contributed by atoms with E-state index >= 15 is 0 Å². The van der Waals surface area contributed by atoms with Crippen LogP contribution in [0.5, 0.6) is 0 Å². The lowest BCUT2D eigenvalue weighted by Crippen LogP contribution is -2.11. The Kier molecular flexibility index (Phi) is 3.16. The van der Waals surface area contributed by atoms with Crippen LogP contribution in [0.3, 0.4) is 0 Å². The molecule has 1 saturated heterocycles. The van der Waals surface area contributed by atoms with Crippen LogP contribution in [-0.2, 0) is 17.9 Å². The summed E-state index contributed by atoms with van der Waals surface area (Å²) >= 11 is 0. The van der Waals surface area contributed by atoms with Gasteiger partial charge in [0.15, 0.2) is 0 Å². The second-order valence-electron chi connectivity index (χ2n) is 3.62. The fourth-order valence-corrected chi connectivity index (χ4v) is 1.85. The molecule has 78 valence electrons. The number of aliphatic hydroxyl groups is 1. The number of hydrogen-bond donors (Lipinski definition) is 1. The van der Waals surface area contributed by atoms with Gasteiger partial charge >= 0.3 is 0 Å². The Bertz CT molecular complexity index is 279. The summed E-state index contributed by atoms with van der Waals surface area (Å²) in [4.78, 5) is 4.05. The van der Waals surface area contributed by atoms with E-state index in [0.717, 1.165) is 25.4 Å². The van der Waals surface area contributed by atoms with E-state index in [9.17, 15) is 0 Å². The van der Waals surface area contributed by atoms with Gasteiger partial charge in [-0.3, -0.25) is 0 Å². The van der Waals surface area contributed by atoms with E-state index in [1.54, 1.807) is 6.20 Å². The third-order valence-corrected chi connectivity index (χ3v) is 2.66. The lowest BCUT2D eigenvalue weighted by atomic mass is 10.2. The molecule has 1 aromatic heterocycles. The molecule has 14 heavy (non-hydrogen) atoms. The number of aryl methyl sites for hydroxylation is 1. The zero-order chi connectivity index (χ0) is 9.80. The standard InChI is InChI=1S/C10H16N2O2/c13-8-10-11-4-6-12(10)5-3-9-2-1-7-14-9/h4,6,9,13H,1-3,5,7-8H2. The maximum atomic E-state index is 8.98. The minimum atomic E-state index is 0.0124. The number of nitrogens with zero attached hydrogens (tertiary/aromatic N) is 2. The summed E-state index contributed by atoms with van der Waals surface area (Å²) in [6.07, 6.45) is 7.40. The van der Waals surface area contributed by atoms with Crippen molar-refractivity contribution < 1.29 is 9.84 Å². The molecule has 1 aliphatic heterocycles. The molecule has 4 heteroatoms. The number of hydrogen-bond acceptors (Lipinski definition) is 3. The summed E-state index contributed by atoms with van der Waals surface area (Å²) < 4.78 is 7.52. The van der Waals surface area contributed by atoms with Crippen LogP contribution in [0.2, 0.25) is 0 Å². The van der Waals surface area contributed by atoms with E-state index in [-0.39, 0.29) is 6.61 Å². The molecule has 0 bridgehead atoms. The first-order chi connectivity index (χ1) is 6.90. The van der Waals surface area contributed by atoms with Gasteiger partial charge in [0, 0.05) is 25.5 Å². The maximum Gasteiger partial charge on any atom is 0.134 e. The van der Waals surface area contributed by atoms with Crippen molar-refractivity contribution in [3.05, 3.63) is 18.2 Å². The van der Waals surface area contributed by atoms with Gasteiger partial charge in [-0.2, -0.15) is 0 Å². The van der Waals surface area contributed by atoms with Crippen molar-refractivity contribution >= 4 is 0 Å². The molecule has 0 aromatic carbocycles. The fraction of sp³-hybridized carbons (Fsp3) is 0.700. The lowest BCUT2D eigenvalue weighted by Gasteiger charge is -2.10. The Morgan fingerprint density at radius 3 is 3.29 bits per heavy atom. The minimum absolute atomic E-state index is 0.0124. The van der Waals surface area contributed by atoms with Gasteiger partial charge in [0.1, 0.15) is 12.4 Å². The van der Waals surface area contributed by atoms with Crippen molar-refractivity contribution in [3.8, 4) is 0 Å². The van der Waals surface area contributed by atoms with Crippen molar-refractivity contribution in [2.24, 2.45) is 0 Å². The predicted molar refractivity (Wildman–Crippen MR) is 51.7 cm³/mol. The van der Waals surface area contributed by atoms with Gasteiger partial charge in [-0.1, -0.05) is 0 Å². The number of aromatic nitrogens is 2. The summed E-state index contributed by atoms with van der Waals surface area (Å²) in [5.41, 5.74) is 0. The molecule has 1 aromatic rings. The summed E-state index contributed by atoms with van der Waals surface area (Å²) in [5, 5.41) is 8.98. The van der Waals surface area contributed by atoms with Gasteiger partial charge < -0.3 is 14.4 Å². The normalized spacial score (nSPS) is 21.6. The highest BCUT2D eigenvalue weighted by molar-refractivity contribution is 4.90. The molecule has 0 radical (unpaired) electrons. The zero-order valence-corrected chi connectivity index (χ0v) is 8.22. The molecule has 1 fully saturated rings. The predicted octanol–water partition coefficient (Wildman–Crippen LogP) is 0.944. The molecule has 1 atom stereocenters. The molecule has 0 spiro atoms. The van der Waals surface area contributed by atoms with E-state index in [0.29, 0.717) is 6.10 Å². The number of aliphatic hydroxyl groups excluding tert-OH is 1. The highest BCUT2D eigenvalue weighted by atomic mass is 16.5. The molecule has 1 N–H and O–H groups in total. The first-order valence-electron chi connectivity index (χ1n) is 5.12. The van der Waals surface area contributed by atoms with E-state index in [4.69, 9.17) is 9.84 Å². The van der Waals surface area contributed by atoms with Gasteiger partial charge in [-0.25, -0.2) is 4.98 Å². The van der Waals surface area contributed by atoms with Crippen LogP contribution in [-0.4, -0.2) is 27.4 Å². The summed E-state index contributed by atoms with van der Waals surface area (Å²) in [7, 11) is 0. The molecular formula is C10H16N2O2.